The van der Waals surface area contributed by atoms with E-state index in [2.05, 4.69) is 67.0 Å². The van der Waals surface area contributed by atoms with Crippen LogP contribution in [0.1, 0.15) is 23.6 Å². The van der Waals surface area contributed by atoms with Gasteiger partial charge in [0.15, 0.2) is 0 Å². The minimum atomic E-state index is 0.600. The van der Waals surface area contributed by atoms with Gasteiger partial charge < -0.3 is 9.80 Å². The zero-order valence-corrected chi connectivity index (χ0v) is 16.3. The van der Waals surface area contributed by atoms with E-state index in [1.54, 1.807) is 0 Å². The minimum Gasteiger partial charge on any atom is -0.375 e. The van der Waals surface area contributed by atoms with Crippen LogP contribution in [0.25, 0.3) is 0 Å². The van der Waals surface area contributed by atoms with Crippen LogP contribution in [-0.4, -0.2) is 68.9 Å². The molecule has 4 heteroatoms. The first-order valence-corrected chi connectivity index (χ1v) is 9.61. The lowest BCUT2D eigenvalue weighted by Crippen LogP contribution is -2.51. The van der Waals surface area contributed by atoms with Gasteiger partial charge >= 0.3 is 0 Å². The van der Waals surface area contributed by atoms with E-state index in [1.165, 1.54) is 41.9 Å². The molecule has 0 aromatic heterocycles. The highest BCUT2D eigenvalue weighted by atomic mass is 15.3. The fourth-order valence-electron chi connectivity index (χ4n) is 4.05. The highest BCUT2D eigenvalue weighted by molar-refractivity contribution is 6.08. The molecule has 2 heterocycles. The standard InChI is InChI=1S/C21H32BN3/c1-16-9-18(7-8-22)5-6-20(16)10-19-12-25(13-19)15-21-14-23(3)17(2)11-24(21)4/h5-6,9,14,17,19H,7-8,10-13,15H2,1-4H3. The molecule has 3 rings (SSSR count). The molecule has 0 spiro atoms. The Labute approximate surface area is 155 Å². The molecule has 0 saturated carbocycles. The molecule has 0 amide bonds. The predicted octanol–water partition coefficient (Wildman–Crippen LogP) is 2.71. The first-order valence-electron chi connectivity index (χ1n) is 9.61. The molecule has 1 aromatic rings. The average Bonchev–Trinajstić information content (AvgIpc) is 2.52. The van der Waals surface area contributed by atoms with Gasteiger partial charge in [-0.1, -0.05) is 24.5 Å². The van der Waals surface area contributed by atoms with Gasteiger partial charge in [0.1, 0.15) is 0 Å². The van der Waals surface area contributed by atoms with Gasteiger partial charge in [-0.25, -0.2) is 0 Å². The molecule has 0 bridgehead atoms. The summed E-state index contributed by atoms with van der Waals surface area (Å²) in [6.07, 6.45) is 5.24. The van der Waals surface area contributed by atoms with Gasteiger partial charge in [-0.05, 0) is 49.3 Å². The van der Waals surface area contributed by atoms with E-state index in [0.717, 1.165) is 31.7 Å². The summed E-state index contributed by atoms with van der Waals surface area (Å²) in [6.45, 7) is 9.16. The summed E-state index contributed by atoms with van der Waals surface area (Å²) in [6, 6.07) is 7.49. The second-order valence-electron chi connectivity index (χ2n) is 8.08. The van der Waals surface area contributed by atoms with Crippen LogP contribution in [0.5, 0.6) is 0 Å². The Morgan fingerprint density at radius 2 is 1.92 bits per heavy atom. The molecule has 1 atom stereocenters. The highest BCUT2D eigenvalue weighted by Gasteiger charge is 2.29. The third-order valence-corrected chi connectivity index (χ3v) is 5.84. The molecule has 1 fully saturated rings. The van der Waals surface area contributed by atoms with Gasteiger partial charge in [0.25, 0.3) is 0 Å². The van der Waals surface area contributed by atoms with Crippen LogP contribution < -0.4 is 0 Å². The maximum Gasteiger partial charge on any atom is 0.0657 e. The maximum absolute atomic E-state index is 5.66. The summed E-state index contributed by atoms with van der Waals surface area (Å²) < 4.78 is 0. The molecule has 134 valence electrons. The van der Waals surface area contributed by atoms with Crippen LogP contribution in [0.3, 0.4) is 0 Å². The van der Waals surface area contributed by atoms with Crippen molar-refractivity contribution in [3.8, 4) is 0 Å². The van der Waals surface area contributed by atoms with Crippen molar-refractivity contribution in [3.63, 3.8) is 0 Å². The second kappa shape index (κ2) is 7.86. The molecule has 3 nitrogen and oxygen atoms in total. The van der Waals surface area contributed by atoms with E-state index in [1.807, 2.05) is 0 Å². The Bertz CT molecular complexity index is 622. The van der Waals surface area contributed by atoms with Crippen molar-refractivity contribution in [2.75, 3.05) is 40.3 Å². The second-order valence-corrected chi connectivity index (χ2v) is 8.08. The summed E-state index contributed by atoms with van der Waals surface area (Å²) in [5.41, 5.74) is 5.74. The quantitative estimate of drug-likeness (QED) is 0.739. The van der Waals surface area contributed by atoms with Gasteiger partial charge in [-0.15, -0.1) is 0 Å². The molecule has 2 aliphatic heterocycles. The molecule has 2 radical (unpaired) electrons. The van der Waals surface area contributed by atoms with Crippen molar-refractivity contribution in [2.45, 2.75) is 39.1 Å². The van der Waals surface area contributed by atoms with Crippen molar-refractivity contribution in [1.82, 2.24) is 14.7 Å². The van der Waals surface area contributed by atoms with E-state index in [-0.39, 0.29) is 0 Å². The van der Waals surface area contributed by atoms with Crippen LogP contribution in [0, 0.1) is 12.8 Å². The normalized spacial score (nSPS) is 22.1. The number of likely N-dealkylation sites (tertiary alicyclic amines) is 1. The summed E-state index contributed by atoms with van der Waals surface area (Å²) in [5, 5.41) is 0. The number of hydrogen-bond acceptors (Lipinski definition) is 3. The van der Waals surface area contributed by atoms with E-state index in [4.69, 9.17) is 7.85 Å². The third-order valence-electron chi connectivity index (χ3n) is 5.84. The molecule has 0 N–H and O–H groups in total. The van der Waals surface area contributed by atoms with Crippen LogP contribution >= 0.6 is 0 Å². The van der Waals surface area contributed by atoms with Crippen LogP contribution in [-0.2, 0) is 12.8 Å². The largest absolute Gasteiger partial charge is 0.375 e. The number of aryl methyl sites for hydroxylation is 2. The van der Waals surface area contributed by atoms with Gasteiger partial charge in [0.2, 0.25) is 0 Å². The van der Waals surface area contributed by atoms with E-state index < -0.39 is 0 Å². The summed E-state index contributed by atoms with van der Waals surface area (Å²) in [5.74, 6) is 0.796. The zero-order chi connectivity index (χ0) is 18.0. The fourth-order valence-corrected chi connectivity index (χ4v) is 4.05. The van der Waals surface area contributed by atoms with E-state index >= 15 is 0 Å². The van der Waals surface area contributed by atoms with Crippen LogP contribution in [0.15, 0.2) is 30.1 Å². The summed E-state index contributed by atoms with van der Waals surface area (Å²) in [4.78, 5) is 7.34. The van der Waals surface area contributed by atoms with Gasteiger partial charge in [-0.2, -0.15) is 0 Å². The SMILES string of the molecule is [B]CCc1ccc(CC2CN(CC3=CN(C)C(C)CN3C)C2)c(C)c1. The smallest absolute Gasteiger partial charge is 0.0657 e. The number of rotatable bonds is 6. The van der Waals surface area contributed by atoms with Crippen LogP contribution in [0.4, 0.5) is 0 Å². The van der Waals surface area contributed by atoms with Crippen molar-refractivity contribution < 1.29 is 0 Å². The molecule has 2 aliphatic rings. The summed E-state index contributed by atoms with van der Waals surface area (Å²) >= 11 is 0. The Morgan fingerprint density at radius 3 is 2.60 bits per heavy atom. The topological polar surface area (TPSA) is 9.72 Å². The Balaban J connectivity index is 1.49. The van der Waals surface area contributed by atoms with Crippen molar-refractivity contribution in [2.24, 2.45) is 5.92 Å². The van der Waals surface area contributed by atoms with Gasteiger partial charge in [0, 0.05) is 58.2 Å². The maximum atomic E-state index is 5.66. The van der Waals surface area contributed by atoms with E-state index in [9.17, 15) is 0 Å². The van der Waals surface area contributed by atoms with Gasteiger partial charge in [0.05, 0.1) is 7.85 Å². The average molecular weight is 337 g/mol. The third kappa shape index (κ3) is 4.41. The first kappa shape index (κ1) is 18.4. The number of nitrogens with zero attached hydrogens (tertiary/aromatic N) is 3. The molecule has 1 unspecified atom stereocenters. The number of hydrogen-bond donors (Lipinski definition) is 0. The number of benzene rings is 1. The lowest BCUT2D eigenvalue weighted by Gasteiger charge is -2.44. The van der Waals surface area contributed by atoms with E-state index in [0.29, 0.717) is 6.04 Å². The predicted molar refractivity (Wildman–Crippen MR) is 107 cm³/mol. The van der Waals surface area contributed by atoms with Crippen LogP contribution in [0.2, 0.25) is 6.32 Å². The fraction of sp³-hybridized carbons (Fsp3) is 0.619. The van der Waals surface area contributed by atoms with Gasteiger partial charge in [-0.3, -0.25) is 4.90 Å². The molecule has 1 saturated heterocycles. The Kier molecular flexibility index (Phi) is 5.78. The lowest BCUT2D eigenvalue weighted by atomic mass is 9.88. The number of likely N-dealkylation sites (N-methyl/N-ethyl adjacent to an activating group) is 2. The Hall–Kier alpha value is -1.42. The highest BCUT2D eigenvalue weighted by Crippen LogP contribution is 2.25. The molecule has 1 aromatic carbocycles. The van der Waals surface area contributed by atoms with Crippen molar-refractivity contribution in [1.29, 1.82) is 0 Å². The molecule has 0 aliphatic carbocycles. The molecule has 25 heavy (non-hydrogen) atoms. The van der Waals surface area contributed by atoms with Crippen molar-refractivity contribution in [3.05, 3.63) is 46.8 Å². The summed E-state index contributed by atoms with van der Waals surface area (Å²) in [7, 11) is 10.1. The minimum absolute atomic E-state index is 0.600. The zero-order valence-electron chi connectivity index (χ0n) is 16.3. The molecular formula is C21H32BN3. The van der Waals surface area contributed by atoms with Crippen molar-refractivity contribution >= 4 is 7.85 Å². The first-order chi connectivity index (χ1) is 12.0. The monoisotopic (exact) mass is 337 g/mol. The molecular weight excluding hydrogens is 305 g/mol. The lowest BCUT2D eigenvalue weighted by molar-refractivity contribution is 0.0965. The Morgan fingerprint density at radius 1 is 1.16 bits per heavy atom.